The van der Waals surface area contributed by atoms with E-state index in [1.807, 2.05) is 43.1 Å². The van der Waals surface area contributed by atoms with Crippen molar-refractivity contribution in [3.05, 3.63) is 60.1 Å². The molecule has 186 valence electrons. The van der Waals surface area contributed by atoms with E-state index in [0.29, 0.717) is 32.5 Å². The van der Waals surface area contributed by atoms with E-state index in [1.165, 1.54) is 24.2 Å². The highest BCUT2D eigenvalue weighted by molar-refractivity contribution is 7.21. The van der Waals surface area contributed by atoms with Crippen molar-refractivity contribution in [1.29, 1.82) is 0 Å². The second kappa shape index (κ2) is 9.32. The molecule has 1 saturated carbocycles. The van der Waals surface area contributed by atoms with Gasteiger partial charge < -0.3 is 4.74 Å². The lowest BCUT2D eigenvalue weighted by Gasteiger charge is -2.13. The number of fused-ring (bicyclic) bond motifs is 1. The summed E-state index contributed by atoms with van der Waals surface area (Å²) in [4.78, 5) is 36.3. The van der Waals surface area contributed by atoms with Gasteiger partial charge in [-0.25, -0.2) is 9.97 Å². The Labute approximate surface area is 216 Å². The average molecular weight is 513 g/mol. The second-order valence-electron chi connectivity index (χ2n) is 9.15. The molecule has 0 bridgehead atoms. The Morgan fingerprint density at radius 3 is 2.62 bits per heavy atom. The van der Waals surface area contributed by atoms with E-state index in [0.717, 1.165) is 40.7 Å². The number of rotatable bonds is 7. The predicted octanol–water partition coefficient (Wildman–Crippen LogP) is 4.69. The molecule has 0 aromatic carbocycles. The van der Waals surface area contributed by atoms with Crippen molar-refractivity contribution in [2.45, 2.75) is 33.2 Å². The number of methoxy groups -OCH3 is 1. The quantitative estimate of drug-likeness (QED) is 0.333. The van der Waals surface area contributed by atoms with Gasteiger partial charge in [0.15, 0.2) is 15.6 Å². The minimum absolute atomic E-state index is 0.334. The molecular weight excluding hydrogens is 488 g/mol. The molecule has 1 aliphatic carbocycles. The molecule has 37 heavy (non-hydrogen) atoms. The lowest BCUT2D eigenvalue weighted by atomic mass is 9.99. The highest BCUT2D eigenvalue weighted by Gasteiger charge is 2.22. The van der Waals surface area contributed by atoms with Gasteiger partial charge in [-0.05, 0) is 44.7 Å². The number of ether oxygens (including phenoxy) is 1. The normalized spacial score (nSPS) is 13.2. The molecule has 10 nitrogen and oxygen atoms in total. The molecule has 0 radical (unpaired) electrons. The Morgan fingerprint density at radius 1 is 1.05 bits per heavy atom. The zero-order chi connectivity index (χ0) is 25.5. The van der Waals surface area contributed by atoms with Gasteiger partial charge in [-0.2, -0.15) is 10.1 Å². The van der Waals surface area contributed by atoms with Crippen molar-refractivity contribution in [3.63, 3.8) is 0 Å². The number of amides is 1. The van der Waals surface area contributed by atoms with Gasteiger partial charge in [0.1, 0.15) is 5.75 Å². The van der Waals surface area contributed by atoms with Gasteiger partial charge in [-0.15, -0.1) is 0 Å². The van der Waals surface area contributed by atoms with E-state index >= 15 is 0 Å². The lowest BCUT2D eigenvalue weighted by molar-refractivity contribution is 0.102. The van der Waals surface area contributed by atoms with E-state index in [9.17, 15) is 4.79 Å². The molecular formula is C26H24N8O2S. The van der Waals surface area contributed by atoms with Crippen molar-refractivity contribution < 1.29 is 9.53 Å². The third-order valence-electron chi connectivity index (χ3n) is 6.21. The zero-order valence-corrected chi connectivity index (χ0v) is 21.4. The van der Waals surface area contributed by atoms with Gasteiger partial charge in [-0.1, -0.05) is 11.3 Å². The summed E-state index contributed by atoms with van der Waals surface area (Å²) in [6.07, 6.45) is 11.3. The number of hydrogen-bond donors (Lipinski definition) is 1. The largest absolute Gasteiger partial charge is 0.494 e. The number of carbonyl (C=O) groups is 1. The molecule has 1 amide bonds. The first-order chi connectivity index (χ1) is 18.0. The fraction of sp³-hybridized carbons (Fsp3) is 0.269. The maximum Gasteiger partial charge on any atom is 0.259 e. The minimum atomic E-state index is -0.334. The summed E-state index contributed by atoms with van der Waals surface area (Å²) in [5.74, 6) is 0.980. The van der Waals surface area contributed by atoms with Gasteiger partial charge in [0, 0.05) is 47.0 Å². The fourth-order valence-electron chi connectivity index (χ4n) is 4.12. The Hall–Kier alpha value is -4.25. The van der Waals surface area contributed by atoms with Crippen LogP contribution in [-0.2, 0) is 6.54 Å². The second-order valence-corrected chi connectivity index (χ2v) is 10.1. The maximum absolute atomic E-state index is 13.4. The van der Waals surface area contributed by atoms with Crippen LogP contribution in [0.25, 0.3) is 32.9 Å². The summed E-state index contributed by atoms with van der Waals surface area (Å²) < 4.78 is 7.47. The molecule has 1 aliphatic rings. The molecule has 5 aromatic rings. The van der Waals surface area contributed by atoms with Gasteiger partial charge in [0.25, 0.3) is 5.91 Å². The molecule has 6 rings (SSSR count). The molecule has 1 fully saturated rings. The van der Waals surface area contributed by atoms with E-state index in [-0.39, 0.29) is 5.91 Å². The van der Waals surface area contributed by atoms with Gasteiger partial charge in [0.2, 0.25) is 0 Å². The molecule has 1 N–H and O–H groups in total. The van der Waals surface area contributed by atoms with Gasteiger partial charge in [-0.3, -0.25) is 24.8 Å². The fourth-order valence-corrected chi connectivity index (χ4v) is 4.92. The van der Waals surface area contributed by atoms with Crippen LogP contribution in [-0.4, -0.2) is 47.7 Å². The summed E-state index contributed by atoms with van der Waals surface area (Å²) in [5, 5.41) is 7.75. The molecule has 5 heterocycles. The Balaban J connectivity index is 1.28. The monoisotopic (exact) mass is 512 g/mol. The zero-order valence-electron chi connectivity index (χ0n) is 20.6. The number of nitrogens with one attached hydrogen (secondary N) is 1. The third kappa shape index (κ3) is 4.77. The van der Waals surface area contributed by atoms with Crippen LogP contribution in [0, 0.1) is 19.8 Å². The van der Waals surface area contributed by atoms with Crippen LogP contribution in [0.3, 0.4) is 0 Å². The molecule has 0 aliphatic heterocycles. The van der Waals surface area contributed by atoms with Crippen molar-refractivity contribution in [2.75, 3.05) is 12.4 Å². The molecule has 0 unspecified atom stereocenters. The third-order valence-corrected chi connectivity index (χ3v) is 7.07. The van der Waals surface area contributed by atoms with Gasteiger partial charge in [0.05, 0.1) is 37.0 Å². The first kappa shape index (κ1) is 23.2. The van der Waals surface area contributed by atoms with Crippen LogP contribution >= 0.6 is 11.3 Å². The number of nitrogens with zero attached hydrogens (tertiary/aromatic N) is 7. The van der Waals surface area contributed by atoms with Crippen molar-refractivity contribution in [1.82, 2.24) is 34.7 Å². The number of hydrogen-bond acceptors (Lipinski definition) is 9. The van der Waals surface area contributed by atoms with E-state index in [4.69, 9.17) is 9.72 Å². The average Bonchev–Trinajstić information content (AvgIpc) is 3.42. The number of carbonyl (C=O) groups excluding carboxylic acids is 1. The smallest absolute Gasteiger partial charge is 0.259 e. The van der Waals surface area contributed by atoms with Crippen LogP contribution in [0.1, 0.15) is 34.6 Å². The highest BCUT2D eigenvalue weighted by Crippen LogP contribution is 2.34. The van der Waals surface area contributed by atoms with Crippen molar-refractivity contribution in [3.8, 4) is 28.1 Å². The van der Waals surface area contributed by atoms with Gasteiger partial charge >= 0.3 is 0 Å². The van der Waals surface area contributed by atoms with E-state index in [1.54, 1.807) is 25.7 Å². The minimum Gasteiger partial charge on any atom is -0.494 e. The molecule has 11 heteroatoms. The topological polar surface area (TPSA) is 121 Å². The predicted molar refractivity (Wildman–Crippen MR) is 141 cm³/mol. The molecule has 0 spiro atoms. The molecule has 0 atom stereocenters. The Bertz CT molecular complexity index is 1640. The summed E-state index contributed by atoms with van der Waals surface area (Å²) in [6.45, 7) is 4.71. The summed E-state index contributed by atoms with van der Waals surface area (Å²) in [6, 6.07) is 3.76. The highest BCUT2D eigenvalue weighted by atomic mass is 32.1. The van der Waals surface area contributed by atoms with E-state index < -0.39 is 0 Å². The van der Waals surface area contributed by atoms with Crippen LogP contribution in [0.5, 0.6) is 5.75 Å². The summed E-state index contributed by atoms with van der Waals surface area (Å²) in [5.41, 5.74) is 5.58. The number of anilines is 1. The number of pyridine rings is 2. The van der Waals surface area contributed by atoms with Crippen LogP contribution in [0.4, 0.5) is 5.13 Å². The van der Waals surface area contributed by atoms with Crippen LogP contribution < -0.4 is 10.1 Å². The number of aromatic nitrogens is 7. The summed E-state index contributed by atoms with van der Waals surface area (Å²) >= 11 is 1.27. The maximum atomic E-state index is 13.4. The van der Waals surface area contributed by atoms with E-state index in [2.05, 4.69) is 30.4 Å². The Kier molecular flexibility index (Phi) is 5.84. The first-order valence-electron chi connectivity index (χ1n) is 11.9. The standard InChI is InChI=1S/C26H24N8O2S/c1-14-6-18(19-7-15(2)28-11-22(19)36-3)20(9-27-14)24(35)33-26-32-23-25(37-26)31-21(10-29-23)17-8-30-34(13-17)12-16-4-5-16/h6-11,13,16H,4-5,12H2,1-3H3,(H,29,32,33,35). The van der Waals surface area contributed by atoms with Crippen molar-refractivity contribution >= 4 is 32.9 Å². The number of aryl methyl sites for hydroxylation is 2. The Morgan fingerprint density at radius 2 is 1.84 bits per heavy atom. The first-order valence-corrected chi connectivity index (χ1v) is 12.7. The number of thiazole rings is 1. The van der Waals surface area contributed by atoms with Crippen molar-refractivity contribution in [2.24, 2.45) is 5.92 Å². The SMILES string of the molecule is COc1cnc(C)cc1-c1cc(C)ncc1C(=O)Nc1nc2ncc(-c3cnn(CC4CC4)c3)nc2s1. The lowest BCUT2D eigenvalue weighted by Crippen LogP contribution is -2.14. The molecule has 0 saturated heterocycles. The van der Waals surface area contributed by atoms with Crippen LogP contribution in [0.2, 0.25) is 0 Å². The van der Waals surface area contributed by atoms with Crippen LogP contribution in [0.15, 0.2) is 43.1 Å². The summed E-state index contributed by atoms with van der Waals surface area (Å²) in [7, 11) is 1.58. The molecule has 5 aromatic heterocycles.